The molecule has 0 saturated carbocycles. The molecule has 3 atom stereocenters. The molecule has 30 heavy (non-hydrogen) atoms. The van der Waals surface area contributed by atoms with Crippen molar-refractivity contribution in [3.8, 4) is 0 Å². The Bertz CT molecular complexity index is 986. The molecular formula is C22H23NO7. The van der Waals surface area contributed by atoms with Crippen molar-refractivity contribution in [3.05, 3.63) is 52.8 Å². The Labute approximate surface area is 173 Å². The summed E-state index contributed by atoms with van der Waals surface area (Å²) in [6.07, 6.45) is 1.63. The summed E-state index contributed by atoms with van der Waals surface area (Å²) in [5.74, 6) is -1.11. The number of cyclic esters (lactones) is 1. The molecule has 0 radical (unpaired) electrons. The second kappa shape index (κ2) is 7.19. The summed E-state index contributed by atoms with van der Waals surface area (Å²) < 4.78 is 21.3. The number of hydrogen-bond acceptors (Lipinski definition) is 7. The number of amides is 1. The number of ether oxygens (including phenoxy) is 4. The number of carbonyl (C=O) groups is 3. The lowest BCUT2D eigenvalue weighted by atomic mass is 9.98. The summed E-state index contributed by atoms with van der Waals surface area (Å²) in [6.45, 7) is 7.00. The molecule has 2 heterocycles. The number of esters is 2. The molecule has 8 nitrogen and oxygen atoms in total. The second-order valence-electron chi connectivity index (χ2n) is 8.51. The van der Waals surface area contributed by atoms with Gasteiger partial charge < -0.3 is 18.9 Å². The van der Waals surface area contributed by atoms with Crippen LogP contribution in [0.15, 0.2) is 41.7 Å². The number of rotatable bonds is 3. The van der Waals surface area contributed by atoms with E-state index in [9.17, 15) is 14.4 Å². The minimum Gasteiger partial charge on any atom is -0.458 e. The van der Waals surface area contributed by atoms with E-state index in [1.807, 2.05) is 6.07 Å². The van der Waals surface area contributed by atoms with Crippen molar-refractivity contribution in [2.24, 2.45) is 5.92 Å². The molecule has 1 aromatic carbocycles. The average molecular weight is 413 g/mol. The van der Waals surface area contributed by atoms with Gasteiger partial charge in [0, 0.05) is 23.3 Å². The molecule has 0 bridgehead atoms. The van der Waals surface area contributed by atoms with Gasteiger partial charge in [0.1, 0.15) is 11.7 Å². The maximum Gasteiger partial charge on any atom is 0.412 e. The van der Waals surface area contributed by atoms with Gasteiger partial charge in [-0.15, -0.1) is 0 Å². The molecule has 0 aromatic heterocycles. The van der Waals surface area contributed by atoms with Crippen LogP contribution in [0.1, 0.15) is 44.9 Å². The van der Waals surface area contributed by atoms with Crippen molar-refractivity contribution in [3.63, 3.8) is 0 Å². The van der Waals surface area contributed by atoms with E-state index in [2.05, 4.69) is 5.32 Å². The van der Waals surface area contributed by atoms with Crippen LogP contribution in [0.25, 0.3) is 0 Å². The summed E-state index contributed by atoms with van der Waals surface area (Å²) in [6, 6.07) is 5.49. The third kappa shape index (κ3) is 3.90. The number of anilines is 1. The smallest absolute Gasteiger partial charge is 0.412 e. The fraction of sp³-hybridized carbons (Fsp3) is 0.409. The summed E-state index contributed by atoms with van der Waals surface area (Å²) >= 11 is 0. The SMILES string of the molecule is CC1=C[C@H](O/C=C2/C(=O)O[C@H]3c4cc(NC(=O)OC(C)(C)C)ccc4C[C@@H]23)OC1=O. The van der Waals surface area contributed by atoms with Crippen LogP contribution in [-0.4, -0.2) is 29.9 Å². The van der Waals surface area contributed by atoms with Gasteiger partial charge >= 0.3 is 18.0 Å². The van der Waals surface area contributed by atoms with Crippen molar-refractivity contribution < 1.29 is 33.3 Å². The lowest BCUT2D eigenvalue weighted by Gasteiger charge is -2.20. The first kappa shape index (κ1) is 20.0. The van der Waals surface area contributed by atoms with E-state index in [0.29, 0.717) is 23.3 Å². The van der Waals surface area contributed by atoms with Gasteiger partial charge in [0.15, 0.2) is 0 Å². The fourth-order valence-electron chi connectivity index (χ4n) is 3.71. The van der Waals surface area contributed by atoms with Crippen molar-refractivity contribution >= 4 is 23.7 Å². The standard InChI is InChI=1S/C22H23NO7/c1-11-7-17(28-19(11)24)27-10-16-15-8-12-5-6-13(23-21(26)30-22(2,3)4)9-14(12)18(15)29-20(16)25/h5-7,9-10,15,17-18H,8H2,1-4H3,(H,23,26)/b16-10+/t15-,17+,18-/m0/s1. The molecule has 0 spiro atoms. The molecule has 3 aliphatic rings. The Morgan fingerprint density at radius 2 is 1.97 bits per heavy atom. The van der Waals surface area contributed by atoms with E-state index < -0.39 is 36.0 Å². The highest BCUT2D eigenvalue weighted by Gasteiger charge is 2.46. The Hall–Kier alpha value is -3.29. The van der Waals surface area contributed by atoms with Gasteiger partial charge in [-0.1, -0.05) is 6.07 Å². The fourth-order valence-corrected chi connectivity index (χ4v) is 3.71. The number of benzene rings is 1. The molecule has 4 rings (SSSR count). The van der Waals surface area contributed by atoms with Crippen LogP contribution in [0.5, 0.6) is 0 Å². The third-order valence-corrected chi connectivity index (χ3v) is 5.03. The monoisotopic (exact) mass is 413 g/mol. The quantitative estimate of drug-likeness (QED) is 0.350. The molecule has 8 heteroatoms. The molecule has 1 aromatic rings. The van der Waals surface area contributed by atoms with E-state index in [0.717, 1.165) is 11.1 Å². The Morgan fingerprint density at radius 3 is 2.63 bits per heavy atom. The lowest BCUT2D eigenvalue weighted by Crippen LogP contribution is -2.27. The Balaban J connectivity index is 1.48. The van der Waals surface area contributed by atoms with Crippen molar-refractivity contribution in [1.82, 2.24) is 0 Å². The molecular weight excluding hydrogens is 390 g/mol. The number of nitrogens with one attached hydrogen (secondary N) is 1. The predicted molar refractivity (Wildman–Crippen MR) is 105 cm³/mol. The maximum atomic E-state index is 12.4. The second-order valence-corrected chi connectivity index (χ2v) is 8.51. The van der Waals surface area contributed by atoms with Gasteiger partial charge in [-0.05, 0) is 57.4 Å². The average Bonchev–Trinajstić information content (AvgIpc) is 3.23. The highest BCUT2D eigenvalue weighted by Crippen LogP contribution is 2.48. The molecule has 1 N–H and O–H groups in total. The third-order valence-electron chi connectivity index (χ3n) is 5.03. The Kier molecular flexibility index (Phi) is 4.80. The van der Waals surface area contributed by atoms with Gasteiger partial charge in [0.2, 0.25) is 0 Å². The van der Waals surface area contributed by atoms with Crippen LogP contribution in [0, 0.1) is 5.92 Å². The highest BCUT2D eigenvalue weighted by atomic mass is 16.7. The van der Waals surface area contributed by atoms with Crippen LogP contribution < -0.4 is 5.32 Å². The van der Waals surface area contributed by atoms with E-state index >= 15 is 0 Å². The molecule has 158 valence electrons. The molecule has 2 aliphatic heterocycles. The van der Waals surface area contributed by atoms with Crippen molar-refractivity contribution in [1.29, 1.82) is 0 Å². The van der Waals surface area contributed by atoms with E-state index in [-0.39, 0.29) is 5.92 Å². The minimum absolute atomic E-state index is 0.202. The first-order chi connectivity index (χ1) is 14.1. The molecule has 1 aliphatic carbocycles. The largest absolute Gasteiger partial charge is 0.458 e. The zero-order valence-corrected chi connectivity index (χ0v) is 17.2. The van der Waals surface area contributed by atoms with Gasteiger partial charge in [-0.3, -0.25) is 5.32 Å². The van der Waals surface area contributed by atoms with E-state index in [4.69, 9.17) is 18.9 Å². The normalized spacial score (nSPS) is 25.9. The first-order valence-corrected chi connectivity index (χ1v) is 9.69. The summed E-state index contributed by atoms with van der Waals surface area (Å²) in [5.41, 5.74) is 2.69. The minimum atomic E-state index is -0.842. The number of hydrogen-bond donors (Lipinski definition) is 1. The van der Waals surface area contributed by atoms with Gasteiger partial charge in [-0.25, -0.2) is 14.4 Å². The van der Waals surface area contributed by atoms with Gasteiger partial charge in [0.25, 0.3) is 6.29 Å². The number of carbonyl (C=O) groups excluding carboxylic acids is 3. The topological polar surface area (TPSA) is 100 Å². The van der Waals surface area contributed by atoms with Crippen LogP contribution >= 0.6 is 0 Å². The molecule has 1 amide bonds. The lowest BCUT2D eigenvalue weighted by molar-refractivity contribution is -0.152. The predicted octanol–water partition coefficient (Wildman–Crippen LogP) is 3.53. The highest BCUT2D eigenvalue weighted by molar-refractivity contribution is 5.92. The van der Waals surface area contributed by atoms with Gasteiger partial charge in [0.05, 0.1) is 11.8 Å². The van der Waals surface area contributed by atoms with Crippen molar-refractivity contribution in [2.45, 2.75) is 52.1 Å². The van der Waals surface area contributed by atoms with Crippen LogP contribution in [0.3, 0.4) is 0 Å². The van der Waals surface area contributed by atoms with Crippen LogP contribution in [0.2, 0.25) is 0 Å². The first-order valence-electron chi connectivity index (χ1n) is 9.69. The maximum absolute atomic E-state index is 12.4. The Morgan fingerprint density at radius 1 is 1.20 bits per heavy atom. The summed E-state index contributed by atoms with van der Waals surface area (Å²) in [4.78, 5) is 35.8. The zero-order chi connectivity index (χ0) is 21.6. The molecule has 0 unspecified atom stereocenters. The van der Waals surface area contributed by atoms with Crippen molar-refractivity contribution in [2.75, 3.05) is 5.32 Å². The van der Waals surface area contributed by atoms with Gasteiger partial charge in [-0.2, -0.15) is 0 Å². The summed E-state index contributed by atoms with van der Waals surface area (Å²) in [5, 5.41) is 2.71. The van der Waals surface area contributed by atoms with E-state index in [1.54, 1.807) is 45.9 Å². The number of fused-ring (bicyclic) bond motifs is 3. The molecule has 1 saturated heterocycles. The van der Waals surface area contributed by atoms with E-state index in [1.165, 1.54) is 6.26 Å². The summed E-state index contributed by atoms with van der Waals surface area (Å²) in [7, 11) is 0. The molecule has 1 fully saturated rings. The zero-order valence-electron chi connectivity index (χ0n) is 17.2. The van der Waals surface area contributed by atoms with Crippen LogP contribution in [0.4, 0.5) is 10.5 Å². The van der Waals surface area contributed by atoms with Crippen LogP contribution in [-0.2, 0) is 35.0 Å².